The van der Waals surface area contributed by atoms with Gasteiger partial charge in [-0.15, -0.1) is 0 Å². The number of hydrogen-bond acceptors (Lipinski definition) is 4. The van der Waals surface area contributed by atoms with Crippen molar-refractivity contribution < 1.29 is 31.2 Å². The predicted octanol–water partition coefficient (Wildman–Crippen LogP) is 6.24. The Hall–Kier alpha value is -3.57. The number of rotatable bonds is 12. The van der Waals surface area contributed by atoms with Gasteiger partial charge in [0.05, 0.1) is 21.2 Å². The molecule has 1 N–H and O–H groups in total. The van der Waals surface area contributed by atoms with Crippen molar-refractivity contribution in [2.45, 2.75) is 63.7 Å². The van der Waals surface area contributed by atoms with Crippen LogP contribution >= 0.6 is 11.6 Å². The van der Waals surface area contributed by atoms with Gasteiger partial charge in [0.25, 0.3) is 10.0 Å². The standard InChI is InChI=1S/C31H35ClF3N3O4S/c1-5-22(3)36-30(40)23(4)37(18-17-24-9-7-6-8-10-24)29(39)20-38(43(41,42)26-14-11-21(2)12-15-26)25-13-16-28(32)27(19-25)31(33,34)35/h6-16,19,22-23H,5,17-18,20H2,1-4H3,(H,36,40)/t22-,23-/m1/s1. The summed E-state index contributed by atoms with van der Waals surface area (Å²) < 4.78 is 69.7. The van der Waals surface area contributed by atoms with E-state index < -0.39 is 56.9 Å². The number of carbonyl (C=O) groups excluding carboxylic acids is 2. The van der Waals surface area contributed by atoms with Crippen LogP contribution < -0.4 is 9.62 Å². The first-order valence-electron chi connectivity index (χ1n) is 13.7. The molecule has 0 fully saturated rings. The van der Waals surface area contributed by atoms with Crippen LogP contribution in [0.1, 0.15) is 43.9 Å². The molecule has 0 aliphatic heterocycles. The van der Waals surface area contributed by atoms with Gasteiger partial charge in [0.15, 0.2) is 0 Å². The third kappa shape index (κ3) is 8.73. The van der Waals surface area contributed by atoms with Gasteiger partial charge in [-0.1, -0.05) is 66.6 Å². The number of sulfonamides is 1. The lowest BCUT2D eigenvalue weighted by Crippen LogP contribution is -2.53. The summed E-state index contributed by atoms with van der Waals surface area (Å²) in [6, 6.07) is 16.4. The number of hydrogen-bond donors (Lipinski definition) is 1. The van der Waals surface area contributed by atoms with E-state index in [4.69, 9.17) is 11.6 Å². The second-order valence-corrected chi connectivity index (χ2v) is 12.6. The Bertz CT molecular complexity index is 1520. The molecular formula is C31H35ClF3N3O4S. The minimum absolute atomic E-state index is 0.0603. The molecule has 43 heavy (non-hydrogen) atoms. The van der Waals surface area contributed by atoms with Gasteiger partial charge in [-0.2, -0.15) is 13.2 Å². The molecule has 3 aromatic rings. The van der Waals surface area contributed by atoms with Crippen molar-refractivity contribution in [1.82, 2.24) is 10.2 Å². The maximum absolute atomic E-state index is 13.9. The van der Waals surface area contributed by atoms with Crippen molar-refractivity contribution in [3.05, 3.63) is 94.5 Å². The number of anilines is 1. The highest BCUT2D eigenvalue weighted by Crippen LogP contribution is 2.38. The van der Waals surface area contributed by atoms with E-state index in [1.54, 1.807) is 19.1 Å². The van der Waals surface area contributed by atoms with Crippen molar-refractivity contribution in [3.63, 3.8) is 0 Å². The van der Waals surface area contributed by atoms with Gasteiger partial charge in [0, 0.05) is 12.6 Å². The van der Waals surface area contributed by atoms with Gasteiger partial charge in [-0.05, 0) is 69.5 Å². The number of alkyl halides is 3. The third-order valence-corrected chi connectivity index (χ3v) is 9.20. The fourth-order valence-corrected chi connectivity index (χ4v) is 5.92. The molecule has 0 aromatic heterocycles. The lowest BCUT2D eigenvalue weighted by atomic mass is 10.1. The van der Waals surface area contributed by atoms with Gasteiger partial charge >= 0.3 is 6.18 Å². The van der Waals surface area contributed by atoms with E-state index in [0.29, 0.717) is 23.2 Å². The quantitative estimate of drug-likeness (QED) is 0.255. The molecule has 0 aliphatic rings. The van der Waals surface area contributed by atoms with Gasteiger partial charge in [0.2, 0.25) is 11.8 Å². The van der Waals surface area contributed by atoms with E-state index in [-0.39, 0.29) is 17.5 Å². The van der Waals surface area contributed by atoms with Crippen molar-refractivity contribution in [2.75, 3.05) is 17.4 Å². The largest absolute Gasteiger partial charge is 0.417 e. The number of carbonyl (C=O) groups is 2. The first kappa shape index (κ1) is 33.9. The van der Waals surface area contributed by atoms with Crippen molar-refractivity contribution in [2.24, 2.45) is 0 Å². The first-order valence-corrected chi connectivity index (χ1v) is 15.6. The number of nitrogens with one attached hydrogen (secondary N) is 1. The third-order valence-electron chi connectivity index (χ3n) is 7.08. The second kappa shape index (κ2) is 14.3. The lowest BCUT2D eigenvalue weighted by Gasteiger charge is -2.32. The maximum Gasteiger partial charge on any atom is 0.417 e. The van der Waals surface area contributed by atoms with Crippen LogP contribution in [0.4, 0.5) is 18.9 Å². The molecule has 0 bridgehead atoms. The van der Waals surface area contributed by atoms with Gasteiger partial charge < -0.3 is 10.2 Å². The summed E-state index contributed by atoms with van der Waals surface area (Å²) in [5, 5.41) is 2.22. The minimum Gasteiger partial charge on any atom is -0.352 e. The number of nitrogens with zero attached hydrogens (tertiary/aromatic N) is 2. The smallest absolute Gasteiger partial charge is 0.352 e. The zero-order valence-electron chi connectivity index (χ0n) is 24.4. The fourth-order valence-electron chi connectivity index (χ4n) is 4.29. The van der Waals surface area contributed by atoms with Crippen LogP contribution in [0.3, 0.4) is 0 Å². The summed E-state index contributed by atoms with van der Waals surface area (Å²) in [6.45, 7) is 6.19. The summed E-state index contributed by atoms with van der Waals surface area (Å²) in [6.07, 6.45) is -3.87. The number of benzene rings is 3. The molecule has 7 nitrogen and oxygen atoms in total. The lowest BCUT2D eigenvalue weighted by molar-refractivity contribution is -0.139. The molecule has 0 saturated heterocycles. The zero-order valence-corrected chi connectivity index (χ0v) is 25.9. The van der Waals surface area contributed by atoms with E-state index in [1.807, 2.05) is 44.2 Å². The van der Waals surface area contributed by atoms with E-state index >= 15 is 0 Å². The fraction of sp³-hybridized carbons (Fsp3) is 0.355. The van der Waals surface area contributed by atoms with Gasteiger partial charge in [-0.3, -0.25) is 13.9 Å². The van der Waals surface area contributed by atoms with Crippen molar-refractivity contribution in [1.29, 1.82) is 0 Å². The first-order chi connectivity index (χ1) is 20.1. The Balaban J connectivity index is 2.07. The molecule has 3 aromatic carbocycles. The molecule has 0 spiro atoms. The highest BCUT2D eigenvalue weighted by Gasteiger charge is 2.37. The molecule has 3 rings (SSSR count). The molecule has 232 valence electrons. The van der Waals surface area contributed by atoms with Crippen LogP contribution in [-0.2, 0) is 32.2 Å². The monoisotopic (exact) mass is 637 g/mol. The zero-order chi connectivity index (χ0) is 31.9. The summed E-state index contributed by atoms with van der Waals surface area (Å²) >= 11 is 5.81. The van der Waals surface area contributed by atoms with Crippen molar-refractivity contribution in [3.8, 4) is 0 Å². The summed E-state index contributed by atoms with van der Waals surface area (Å²) in [5.41, 5.74) is 0.00275. The van der Waals surface area contributed by atoms with Gasteiger partial charge in [0.1, 0.15) is 12.6 Å². The molecule has 2 atom stereocenters. The topological polar surface area (TPSA) is 86.8 Å². The Labute approximate surface area is 255 Å². The second-order valence-electron chi connectivity index (χ2n) is 10.3. The van der Waals surface area contributed by atoms with E-state index in [0.717, 1.165) is 23.3 Å². The van der Waals surface area contributed by atoms with E-state index in [2.05, 4.69) is 5.32 Å². The molecule has 0 aliphatic carbocycles. The molecule has 0 radical (unpaired) electrons. The Kier molecular flexibility index (Phi) is 11.3. The Morgan fingerprint density at radius 1 is 0.977 bits per heavy atom. The SMILES string of the molecule is CC[C@@H](C)NC(=O)[C@@H](C)N(CCc1ccccc1)C(=O)CN(c1ccc(Cl)c(C(F)(F)F)c1)S(=O)(=O)c1ccc(C)cc1. The Morgan fingerprint density at radius 3 is 2.19 bits per heavy atom. The number of aryl methyl sites for hydroxylation is 1. The van der Waals surface area contributed by atoms with Crippen LogP contribution in [0, 0.1) is 6.92 Å². The van der Waals surface area contributed by atoms with Crippen LogP contribution in [-0.4, -0.2) is 50.3 Å². The molecule has 0 heterocycles. The summed E-state index contributed by atoms with van der Waals surface area (Å²) in [4.78, 5) is 28.1. The number of amides is 2. The van der Waals surface area contributed by atoms with E-state index in [9.17, 15) is 31.2 Å². The van der Waals surface area contributed by atoms with E-state index in [1.165, 1.54) is 24.0 Å². The summed E-state index contributed by atoms with van der Waals surface area (Å²) in [7, 11) is -4.54. The average molecular weight is 638 g/mol. The minimum atomic E-state index is -4.87. The van der Waals surface area contributed by atoms with Crippen molar-refractivity contribution >= 4 is 39.1 Å². The Morgan fingerprint density at radius 2 is 1.60 bits per heavy atom. The average Bonchev–Trinajstić information content (AvgIpc) is 2.96. The normalized spacial score (nSPS) is 13.2. The maximum atomic E-state index is 13.9. The van der Waals surface area contributed by atoms with Crippen LogP contribution in [0.15, 0.2) is 77.7 Å². The van der Waals surface area contributed by atoms with Crippen LogP contribution in [0.2, 0.25) is 5.02 Å². The van der Waals surface area contributed by atoms with Crippen LogP contribution in [0.25, 0.3) is 0 Å². The highest BCUT2D eigenvalue weighted by molar-refractivity contribution is 7.92. The van der Waals surface area contributed by atoms with Crippen LogP contribution in [0.5, 0.6) is 0 Å². The molecule has 2 amide bonds. The van der Waals surface area contributed by atoms with Gasteiger partial charge in [-0.25, -0.2) is 8.42 Å². The number of halogens is 4. The highest BCUT2D eigenvalue weighted by atomic mass is 35.5. The molecular weight excluding hydrogens is 603 g/mol. The molecule has 0 unspecified atom stereocenters. The summed E-state index contributed by atoms with van der Waals surface area (Å²) in [5.74, 6) is -1.20. The molecule has 12 heteroatoms. The predicted molar refractivity (Wildman–Crippen MR) is 161 cm³/mol. The molecule has 0 saturated carbocycles.